The van der Waals surface area contributed by atoms with Crippen molar-refractivity contribution in [2.75, 3.05) is 17.3 Å². The van der Waals surface area contributed by atoms with Crippen molar-refractivity contribution in [3.05, 3.63) is 68.7 Å². The third kappa shape index (κ3) is 6.40. The van der Waals surface area contributed by atoms with Crippen LogP contribution < -0.4 is 10.6 Å². The van der Waals surface area contributed by atoms with Crippen molar-refractivity contribution >= 4 is 46.6 Å². The summed E-state index contributed by atoms with van der Waals surface area (Å²) >= 11 is 7.17. The fourth-order valence-electron chi connectivity index (χ4n) is 2.40. The molecule has 2 N–H and O–H groups in total. The molecule has 29 heavy (non-hydrogen) atoms. The minimum Gasteiger partial charge on any atom is -0.340 e. The number of hydrogen-bond donors (Lipinski definition) is 2. The fraction of sp³-hybridized carbons (Fsp3) is 0.222. The van der Waals surface area contributed by atoms with Gasteiger partial charge in [-0.25, -0.2) is 8.78 Å². The number of nitrogens with zero attached hydrogens (tertiary/aromatic N) is 1. The van der Waals surface area contributed by atoms with E-state index in [-0.39, 0.29) is 22.7 Å². The summed E-state index contributed by atoms with van der Waals surface area (Å²) in [5.41, 5.74) is -0.599. The highest BCUT2D eigenvalue weighted by Crippen LogP contribution is 2.25. The zero-order valence-electron chi connectivity index (χ0n) is 15.1. The first-order valence-corrected chi connectivity index (χ1v) is 9.99. The van der Waals surface area contributed by atoms with Crippen LogP contribution in [-0.4, -0.2) is 34.8 Å². The molecule has 0 radical (unpaired) electrons. The number of nitro groups is 1. The maximum absolute atomic E-state index is 13.3. The summed E-state index contributed by atoms with van der Waals surface area (Å²) in [6.07, 6.45) is 2.04. The van der Waals surface area contributed by atoms with E-state index < -0.39 is 40.1 Å². The molecule has 0 aliphatic rings. The Balaban J connectivity index is 2.19. The van der Waals surface area contributed by atoms with Gasteiger partial charge >= 0.3 is 0 Å². The van der Waals surface area contributed by atoms with Gasteiger partial charge in [-0.15, -0.1) is 0 Å². The second-order valence-electron chi connectivity index (χ2n) is 5.88. The Morgan fingerprint density at radius 3 is 2.45 bits per heavy atom. The molecule has 7 nitrogen and oxygen atoms in total. The van der Waals surface area contributed by atoms with Crippen molar-refractivity contribution in [1.29, 1.82) is 0 Å². The van der Waals surface area contributed by atoms with Crippen LogP contribution in [0, 0.1) is 21.7 Å². The smallest absolute Gasteiger partial charge is 0.288 e. The number of benzene rings is 2. The normalized spacial score (nSPS) is 11.6. The fourth-order valence-corrected chi connectivity index (χ4v) is 3.05. The first-order chi connectivity index (χ1) is 13.7. The van der Waals surface area contributed by atoms with Crippen LogP contribution in [0.25, 0.3) is 0 Å². The first-order valence-electron chi connectivity index (χ1n) is 8.22. The molecule has 0 aliphatic carbocycles. The van der Waals surface area contributed by atoms with Gasteiger partial charge in [-0.3, -0.25) is 19.7 Å². The average Bonchev–Trinajstić information content (AvgIpc) is 2.64. The van der Waals surface area contributed by atoms with E-state index in [4.69, 9.17) is 11.6 Å². The van der Waals surface area contributed by atoms with Gasteiger partial charge in [0, 0.05) is 23.4 Å². The van der Waals surface area contributed by atoms with Crippen LogP contribution >= 0.6 is 23.4 Å². The van der Waals surface area contributed by atoms with Gasteiger partial charge in [0.2, 0.25) is 5.91 Å². The van der Waals surface area contributed by atoms with E-state index in [0.717, 1.165) is 18.2 Å². The summed E-state index contributed by atoms with van der Waals surface area (Å²) in [6, 6.07) is 5.01. The highest BCUT2D eigenvalue weighted by atomic mass is 35.5. The van der Waals surface area contributed by atoms with Crippen LogP contribution in [0.3, 0.4) is 0 Å². The van der Waals surface area contributed by atoms with E-state index in [0.29, 0.717) is 11.8 Å². The third-order valence-corrected chi connectivity index (χ3v) is 4.73. The zero-order chi connectivity index (χ0) is 21.6. The largest absolute Gasteiger partial charge is 0.340 e. The van der Waals surface area contributed by atoms with Crippen molar-refractivity contribution in [1.82, 2.24) is 5.32 Å². The van der Waals surface area contributed by atoms with Crippen molar-refractivity contribution in [3.63, 3.8) is 0 Å². The Morgan fingerprint density at radius 2 is 1.86 bits per heavy atom. The van der Waals surface area contributed by atoms with Crippen LogP contribution in [0.2, 0.25) is 5.02 Å². The second kappa shape index (κ2) is 10.2. The van der Waals surface area contributed by atoms with Gasteiger partial charge in [0.1, 0.15) is 22.7 Å². The van der Waals surface area contributed by atoms with Gasteiger partial charge in [0.25, 0.3) is 11.6 Å². The molecule has 0 fully saturated rings. The monoisotopic (exact) mass is 443 g/mol. The van der Waals surface area contributed by atoms with Crippen molar-refractivity contribution in [2.45, 2.75) is 12.5 Å². The quantitative estimate of drug-likeness (QED) is 0.474. The summed E-state index contributed by atoms with van der Waals surface area (Å²) < 4.78 is 26.6. The minimum absolute atomic E-state index is 0.0557. The Labute approximate surface area is 174 Å². The molecular formula is C18H16ClF2N3O4S. The summed E-state index contributed by atoms with van der Waals surface area (Å²) in [5, 5.41) is 15.7. The maximum atomic E-state index is 13.3. The second-order valence-corrected chi connectivity index (χ2v) is 7.27. The first kappa shape index (κ1) is 22.6. The lowest BCUT2D eigenvalue weighted by molar-refractivity contribution is -0.384. The van der Waals surface area contributed by atoms with E-state index >= 15 is 0 Å². The van der Waals surface area contributed by atoms with Crippen LogP contribution in [0.1, 0.15) is 16.8 Å². The molecule has 0 spiro atoms. The molecule has 0 aliphatic heterocycles. The molecule has 11 heteroatoms. The predicted molar refractivity (Wildman–Crippen MR) is 107 cm³/mol. The molecule has 1 unspecified atom stereocenters. The molecule has 0 aromatic heterocycles. The number of halogens is 3. The summed E-state index contributed by atoms with van der Waals surface area (Å²) in [6.45, 7) is 0. The molecule has 2 amide bonds. The van der Waals surface area contributed by atoms with Gasteiger partial charge in [-0.1, -0.05) is 11.6 Å². The van der Waals surface area contributed by atoms with Crippen molar-refractivity contribution in [3.8, 4) is 0 Å². The van der Waals surface area contributed by atoms with Gasteiger partial charge in [0.15, 0.2) is 0 Å². The van der Waals surface area contributed by atoms with E-state index in [2.05, 4.69) is 10.6 Å². The lowest BCUT2D eigenvalue weighted by atomic mass is 10.1. The van der Waals surface area contributed by atoms with E-state index in [9.17, 15) is 28.5 Å². The third-order valence-electron chi connectivity index (χ3n) is 3.77. The van der Waals surface area contributed by atoms with Crippen molar-refractivity contribution in [2.24, 2.45) is 0 Å². The van der Waals surface area contributed by atoms with Gasteiger partial charge in [0.05, 0.1) is 4.92 Å². The minimum atomic E-state index is -1.03. The lowest BCUT2D eigenvalue weighted by Crippen LogP contribution is -2.44. The number of anilines is 1. The number of nitro benzene ring substituents is 1. The molecule has 2 rings (SSSR count). The Bertz CT molecular complexity index is 925. The van der Waals surface area contributed by atoms with Gasteiger partial charge < -0.3 is 10.6 Å². The summed E-state index contributed by atoms with van der Waals surface area (Å²) in [4.78, 5) is 35.3. The average molecular weight is 444 g/mol. The van der Waals surface area contributed by atoms with Crippen LogP contribution in [-0.2, 0) is 4.79 Å². The number of carbonyl (C=O) groups excluding carboxylic acids is 2. The molecule has 0 bridgehead atoms. The van der Waals surface area contributed by atoms with E-state index in [1.807, 2.05) is 0 Å². The molecule has 154 valence electrons. The molecule has 0 heterocycles. The van der Waals surface area contributed by atoms with Gasteiger partial charge in [-0.2, -0.15) is 11.8 Å². The van der Waals surface area contributed by atoms with Crippen molar-refractivity contribution < 1.29 is 23.3 Å². The molecule has 0 saturated carbocycles. The molecular weight excluding hydrogens is 428 g/mol. The number of amides is 2. The summed E-state index contributed by atoms with van der Waals surface area (Å²) in [5.74, 6) is -2.62. The number of rotatable bonds is 8. The number of hydrogen-bond acceptors (Lipinski definition) is 5. The topological polar surface area (TPSA) is 101 Å². The Kier molecular flexibility index (Phi) is 7.91. The number of thioether (sulfide) groups is 1. The Morgan fingerprint density at radius 1 is 1.21 bits per heavy atom. The molecule has 1 atom stereocenters. The highest BCUT2D eigenvalue weighted by molar-refractivity contribution is 7.98. The maximum Gasteiger partial charge on any atom is 0.288 e. The SMILES string of the molecule is CSCCC(NC(=O)c1ccc(Cl)c([N+](=O)[O-])c1)C(=O)Nc1cc(F)cc(F)c1. The predicted octanol–water partition coefficient (Wildman–Crippen LogP) is 4.02. The standard InChI is InChI=1S/C18H16ClF2N3O4S/c1-29-5-4-15(18(26)22-13-8-11(20)7-12(21)9-13)23-17(25)10-2-3-14(19)16(6-10)24(27)28/h2-3,6-9,15H,4-5H2,1H3,(H,22,26)(H,23,25). The van der Waals surface area contributed by atoms with Crippen LogP contribution in [0.15, 0.2) is 36.4 Å². The summed E-state index contributed by atoms with van der Waals surface area (Å²) in [7, 11) is 0. The number of carbonyl (C=O) groups is 2. The van der Waals surface area contributed by atoms with Crippen LogP contribution in [0.4, 0.5) is 20.2 Å². The van der Waals surface area contributed by atoms with E-state index in [1.165, 1.54) is 23.9 Å². The van der Waals surface area contributed by atoms with E-state index in [1.54, 1.807) is 6.26 Å². The lowest BCUT2D eigenvalue weighted by Gasteiger charge is -2.18. The van der Waals surface area contributed by atoms with Crippen LogP contribution in [0.5, 0.6) is 0 Å². The Hall–Kier alpha value is -2.72. The molecule has 2 aromatic rings. The highest BCUT2D eigenvalue weighted by Gasteiger charge is 2.23. The molecule has 2 aromatic carbocycles. The molecule has 0 saturated heterocycles. The number of nitrogens with one attached hydrogen (secondary N) is 2. The zero-order valence-corrected chi connectivity index (χ0v) is 16.7. The van der Waals surface area contributed by atoms with Gasteiger partial charge in [-0.05, 0) is 42.7 Å².